The van der Waals surface area contributed by atoms with Crippen LogP contribution in [0.4, 0.5) is 0 Å². The molecule has 158 valence electrons. The predicted octanol–water partition coefficient (Wildman–Crippen LogP) is 3.10. The van der Waals surface area contributed by atoms with Gasteiger partial charge in [-0.25, -0.2) is 13.1 Å². The number of carbonyl (C=O) groups excluding carboxylic acids is 1. The van der Waals surface area contributed by atoms with E-state index in [0.717, 1.165) is 11.1 Å². The average molecular weight is 418 g/mol. The molecule has 0 aliphatic carbocycles. The first-order chi connectivity index (χ1) is 13.4. The Bertz CT molecular complexity index is 949. The molecule has 0 aliphatic heterocycles. The normalized spacial score (nSPS) is 13.3. The number of rotatable bonds is 7. The van der Waals surface area contributed by atoms with E-state index < -0.39 is 15.6 Å². The second-order valence-corrected chi connectivity index (χ2v) is 10.1. The number of nitrogens with one attached hydrogen (secondary N) is 2. The zero-order valence-corrected chi connectivity index (χ0v) is 18.8. The van der Waals surface area contributed by atoms with E-state index in [4.69, 9.17) is 0 Å². The third-order valence-corrected chi connectivity index (χ3v) is 6.22. The highest BCUT2D eigenvalue weighted by molar-refractivity contribution is 7.89. The molecule has 0 saturated heterocycles. The highest BCUT2D eigenvalue weighted by Gasteiger charge is 2.24. The van der Waals surface area contributed by atoms with Crippen LogP contribution in [0.15, 0.2) is 53.4 Å². The highest BCUT2D eigenvalue weighted by Crippen LogP contribution is 2.19. The predicted molar refractivity (Wildman–Crippen MR) is 116 cm³/mol. The zero-order chi connectivity index (χ0) is 21.8. The number of hydrogen-bond acceptors (Lipinski definition) is 4. The molecule has 0 radical (unpaired) electrons. The second-order valence-electron chi connectivity index (χ2n) is 8.43. The second kappa shape index (κ2) is 9.07. The SMILES string of the molecule is Cc1ccc(S(=O)(=O)NC(C)(C)C)cc1C(=O)NCC(c1ccccc1)N(C)C. The quantitative estimate of drug-likeness (QED) is 0.726. The van der Waals surface area contributed by atoms with Gasteiger partial charge in [0.1, 0.15) is 0 Å². The van der Waals surface area contributed by atoms with E-state index in [0.29, 0.717) is 12.1 Å². The zero-order valence-electron chi connectivity index (χ0n) is 18.0. The van der Waals surface area contributed by atoms with Crippen molar-refractivity contribution in [2.75, 3.05) is 20.6 Å². The van der Waals surface area contributed by atoms with Gasteiger partial charge < -0.3 is 10.2 Å². The van der Waals surface area contributed by atoms with Crippen LogP contribution in [0.5, 0.6) is 0 Å². The first kappa shape index (κ1) is 23.1. The Balaban J connectivity index is 2.22. The van der Waals surface area contributed by atoms with E-state index in [-0.39, 0.29) is 16.8 Å². The van der Waals surface area contributed by atoms with Gasteiger partial charge in [-0.05, 0) is 65.0 Å². The molecule has 1 unspecified atom stereocenters. The van der Waals surface area contributed by atoms with Crippen molar-refractivity contribution in [1.82, 2.24) is 14.9 Å². The third-order valence-electron chi connectivity index (χ3n) is 4.47. The van der Waals surface area contributed by atoms with E-state index in [9.17, 15) is 13.2 Å². The summed E-state index contributed by atoms with van der Waals surface area (Å²) >= 11 is 0. The summed E-state index contributed by atoms with van der Waals surface area (Å²) in [5, 5.41) is 2.95. The van der Waals surface area contributed by atoms with Gasteiger partial charge in [-0.3, -0.25) is 4.79 Å². The van der Waals surface area contributed by atoms with Crippen molar-refractivity contribution in [2.45, 2.75) is 44.2 Å². The molecule has 0 heterocycles. The Kier molecular flexibility index (Phi) is 7.21. The summed E-state index contributed by atoms with van der Waals surface area (Å²) in [6.07, 6.45) is 0. The first-order valence-electron chi connectivity index (χ1n) is 9.55. The molecule has 0 fully saturated rings. The summed E-state index contributed by atoms with van der Waals surface area (Å²) in [6.45, 7) is 7.53. The van der Waals surface area contributed by atoms with Crippen LogP contribution >= 0.6 is 0 Å². The number of sulfonamides is 1. The molecule has 1 atom stereocenters. The van der Waals surface area contributed by atoms with Crippen LogP contribution in [0.1, 0.15) is 48.3 Å². The first-order valence-corrected chi connectivity index (χ1v) is 11.0. The van der Waals surface area contributed by atoms with Crippen molar-refractivity contribution >= 4 is 15.9 Å². The fourth-order valence-electron chi connectivity index (χ4n) is 3.03. The van der Waals surface area contributed by atoms with Crippen molar-refractivity contribution in [3.05, 3.63) is 65.2 Å². The molecule has 2 N–H and O–H groups in total. The lowest BCUT2D eigenvalue weighted by Crippen LogP contribution is -2.40. The van der Waals surface area contributed by atoms with Crippen molar-refractivity contribution in [1.29, 1.82) is 0 Å². The fourth-order valence-corrected chi connectivity index (χ4v) is 4.48. The number of benzene rings is 2. The number of amides is 1. The minimum absolute atomic E-state index is 0.00919. The van der Waals surface area contributed by atoms with E-state index in [1.807, 2.05) is 49.3 Å². The lowest BCUT2D eigenvalue weighted by Gasteiger charge is -2.25. The Hall–Kier alpha value is -2.22. The molecule has 2 aromatic carbocycles. The van der Waals surface area contributed by atoms with Gasteiger partial charge in [0.05, 0.1) is 10.9 Å². The van der Waals surface area contributed by atoms with Gasteiger partial charge in [-0.1, -0.05) is 36.4 Å². The van der Waals surface area contributed by atoms with Crippen molar-refractivity contribution in [3.8, 4) is 0 Å². The summed E-state index contributed by atoms with van der Waals surface area (Å²) in [6, 6.07) is 14.6. The maximum Gasteiger partial charge on any atom is 0.251 e. The molecule has 2 aromatic rings. The van der Waals surface area contributed by atoms with E-state index in [1.54, 1.807) is 33.8 Å². The molecule has 2 rings (SSSR count). The third kappa shape index (κ3) is 6.39. The van der Waals surface area contributed by atoms with Crippen LogP contribution in [-0.2, 0) is 10.0 Å². The van der Waals surface area contributed by atoms with E-state index >= 15 is 0 Å². The number of likely N-dealkylation sites (N-methyl/N-ethyl adjacent to an activating group) is 1. The summed E-state index contributed by atoms with van der Waals surface area (Å²) < 4.78 is 27.9. The topological polar surface area (TPSA) is 78.5 Å². The molecule has 1 amide bonds. The smallest absolute Gasteiger partial charge is 0.251 e. The van der Waals surface area contributed by atoms with Crippen molar-refractivity contribution < 1.29 is 13.2 Å². The highest BCUT2D eigenvalue weighted by atomic mass is 32.2. The van der Waals surface area contributed by atoms with Crippen molar-refractivity contribution in [3.63, 3.8) is 0 Å². The average Bonchev–Trinajstić information content (AvgIpc) is 2.60. The Labute approximate surface area is 174 Å². The maximum absolute atomic E-state index is 12.8. The van der Waals surface area contributed by atoms with Crippen LogP contribution in [0.25, 0.3) is 0 Å². The summed E-state index contributed by atoms with van der Waals surface area (Å²) in [5.74, 6) is -0.293. The molecule has 0 aliphatic rings. The van der Waals surface area contributed by atoms with Gasteiger partial charge >= 0.3 is 0 Å². The molecule has 7 heteroatoms. The Morgan fingerprint density at radius 1 is 1.07 bits per heavy atom. The molecule has 0 bridgehead atoms. The van der Waals surface area contributed by atoms with Crippen LogP contribution in [0, 0.1) is 6.92 Å². The van der Waals surface area contributed by atoms with Gasteiger partial charge in [0.25, 0.3) is 5.91 Å². The number of aryl methyl sites for hydroxylation is 1. The number of hydrogen-bond donors (Lipinski definition) is 2. The summed E-state index contributed by atoms with van der Waals surface area (Å²) in [7, 11) is 0.201. The van der Waals surface area contributed by atoms with Gasteiger partial charge in [-0.2, -0.15) is 0 Å². The Morgan fingerprint density at radius 3 is 2.24 bits per heavy atom. The number of nitrogens with zero attached hydrogens (tertiary/aromatic N) is 1. The van der Waals surface area contributed by atoms with Gasteiger partial charge in [0.15, 0.2) is 0 Å². The molecule has 0 aromatic heterocycles. The van der Waals surface area contributed by atoms with Crippen LogP contribution in [0.2, 0.25) is 0 Å². The minimum Gasteiger partial charge on any atom is -0.350 e. The standard InChI is InChI=1S/C22H31N3O3S/c1-16-12-13-18(29(27,28)24-22(2,3)4)14-19(16)21(26)23-15-20(25(5)6)17-10-8-7-9-11-17/h7-14,20,24H,15H2,1-6H3,(H,23,26). The van der Waals surface area contributed by atoms with E-state index in [2.05, 4.69) is 10.0 Å². The summed E-state index contributed by atoms with van der Waals surface area (Å²) in [4.78, 5) is 15.0. The largest absolute Gasteiger partial charge is 0.350 e. The molecular formula is C22H31N3O3S. The fraction of sp³-hybridized carbons (Fsp3) is 0.409. The van der Waals surface area contributed by atoms with E-state index in [1.165, 1.54) is 12.1 Å². The minimum atomic E-state index is -3.72. The van der Waals surface area contributed by atoms with Gasteiger partial charge in [0.2, 0.25) is 10.0 Å². The lowest BCUT2D eigenvalue weighted by molar-refractivity contribution is 0.0941. The molecule has 29 heavy (non-hydrogen) atoms. The monoisotopic (exact) mass is 417 g/mol. The number of carbonyl (C=O) groups is 1. The molecule has 6 nitrogen and oxygen atoms in total. The maximum atomic E-state index is 12.8. The summed E-state index contributed by atoms with van der Waals surface area (Å²) in [5.41, 5.74) is 1.56. The lowest BCUT2D eigenvalue weighted by atomic mass is 10.1. The van der Waals surface area contributed by atoms with Gasteiger partial charge in [0, 0.05) is 17.6 Å². The van der Waals surface area contributed by atoms with Crippen LogP contribution in [0.3, 0.4) is 0 Å². The van der Waals surface area contributed by atoms with Crippen LogP contribution in [-0.4, -0.2) is 45.4 Å². The molecule has 0 spiro atoms. The van der Waals surface area contributed by atoms with Gasteiger partial charge in [-0.15, -0.1) is 0 Å². The molecular weight excluding hydrogens is 386 g/mol. The molecule has 0 saturated carbocycles. The van der Waals surface area contributed by atoms with Crippen LogP contribution < -0.4 is 10.0 Å². The Morgan fingerprint density at radius 2 is 1.69 bits per heavy atom. The van der Waals surface area contributed by atoms with Crippen molar-refractivity contribution in [2.24, 2.45) is 0 Å².